The minimum atomic E-state index is -3.25. The first-order valence-electron chi connectivity index (χ1n) is 16.3. The van der Waals surface area contributed by atoms with Crippen molar-refractivity contribution in [2.45, 2.75) is 60.5 Å². The van der Waals surface area contributed by atoms with E-state index >= 15 is 0 Å². The number of piperidine rings is 1. The van der Waals surface area contributed by atoms with Crippen molar-refractivity contribution in [2.24, 2.45) is 11.8 Å². The van der Waals surface area contributed by atoms with Gasteiger partial charge in [-0.3, -0.25) is 0 Å². The molecule has 45 heavy (non-hydrogen) atoms. The molecule has 3 saturated heterocycles. The van der Waals surface area contributed by atoms with Crippen LogP contribution in [-0.2, 0) is 20.0 Å². The highest BCUT2D eigenvalue weighted by atomic mass is 32.2. The second-order valence-corrected chi connectivity index (χ2v) is 15.9. The standard InChI is InChI=1S/C34H47FN4O5S/c1-44-32(40)36-31-9-4-8-30(31)34(24-37-16-5-17-37,26-6-3-7-27(35)20-26)25-14-18-38(19-15-25)21-33(41)22-39(23-33)28-10-12-29(13-11-28)45(2,42)43/h3,6-7,10-13,20,25,30-31,41H,4-5,8-9,14-19,21-24H2,1-2H3,(H,36,40)/t30-,31-,34?/m0/s1. The topological polar surface area (TPSA) is 102 Å². The van der Waals surface area contributed by atoms with Crippen LogP contribution in [0.4, 0.5) is 14.9 Å². The van der Waals surface area contributed by atoms with Gasteiger partial charge < -0.3 is 29.9 Å². The fourth-order valence-electron chi connectivity index (χ4n) is 8.61. The molecule has 2 aromatic carbocycles. The highest BCUT2D eigenvalue weighted by molar-refractivity contribution is 7.90. The molecule has 6 rings (SSSR count). The van der Waals surface area contributed by atoms with Crippen LogP contribution >= 0.6 is 0 Å². The first-order chi connectivity index (χ1) is 21.5. The molecular formula is C34H47FN4O5S. The summed E-state index contributed by atoms with van der Waals surface area (Å²) in [7, 11) is -1.85. The van der Waals surface area contributed by atoms with Crippen LogP contribution in [0, 0.1) is 17.7 Å². The van der Waals surface area contributed by atoms with E-state index in [1.807, 2.05) is 6.07 Å². The molecule has 2 aromatic rings. The van der Waals surface area contributed by atoms with Crippen LogP contribution in [0.15, 0.2) is 53.4 Å². The Morgan fingerprint density at radius 2 is 1.73 bits per heavy atom. The van der Waals surface area contributed by atoms with Crippen LogP contribution in [0.3, 0.4) is 0 Å². The van der Waals surface area contributed by atoms with Crippen molar-refractivity contribution in [3.8, 4) is 0 Å². The van der Waals surface area contributed by atoms with E-state index in [4.69, 9.17) is 4.74 Å². The van der Waals surface area contributed by atoms with Gasteiger partial charge in [-0.1, -0.05) is 18.6 Å². The molecule has 4 fully saturated rings. The minimum Gasteiger partial charge on any atom is -0.453 e. The molecule has 4 aliphatic rings. The van der Waals surface area contributed by atoms with E-state index in [0.717, 1.165) is 76.1 Å². The van der Waals surface area contributed by atoms with Gasteiger partial charge in [0.2, 0.25) is 0 Å². The molecular weight excluding hydrogens is 595 g/mol. The third-order valence-corrected chi connectivity index (χ3v) is 12.0. The van der Waals surface area contributed by atoms with Crippen molar-refractivity contribution >= 4 is 21.6 Å². The predicted molar refractivity (Wildman–Crippen MR) is 172 cm³/mol. The number of halogens is 1. The van der Waals surface area contributed by atoms with E-state index < -0.39 is 21.5 Å². The number of hydrogen-bond acceptors (Lipinski definition) is 8. The van der Waals surface area contributed by atoms with Crippen LogP contribution in [0.25, 0.3) is 0 Å². The first kappa shape index (κ1) is 32.2. The van der Waals surface area contributed by atoms with Crippen molar-refractivity contribution in [3.05, 3.63) is 59.9 Å². The molecule has 1 amide bonds. The summed E-state index contributed by atoms with van der Waals surface area (Å²) in [4.78, 5) is 19.6. The van der Waals surface area contributed by atoms with Crippen molar-refractivity contribution in [1.82, 2.24) is 15.1 Å². The maximum absolute atomic E-state index is 14.9. The number of rotatable bonds is 10. The molecule has 1 aliphatic carbocycles. The number of benzene rings is 2. The average Bonchev–Trinajstić information content (AvgIpc) is 3.44. The van der Waals surface area contributed by atoms with Crippen LogP contribution in [0.1, 0.15) is 44.1 Å². The Labute approximate surface area is 266 Å². The zero-order chi connectivity index (χ0) is 31.8. The molecule has 3 aliphatic heterocycles. The Bertz CT molecular complexity index is 1460. The maximum atomic E-state index is 14.9. The van der Waals surface area contributed by atoms with Crippen molar-refractivity contribution in [3.63, 3.8) is 0 Å². The predicted octanol–water partition coefficient (Wildman–Crippen LogP) is 3.66. The number of anilines is 1. The number of amides is 1. The third-order valence-electron chi connectivity index (χ3n) is 10.9. The molecule has 0 aromatic heterocycles. The van der Waals surface area contributed by atoms with Gasteiger partial charge in [0, 0.05) is 49.6 Å². The van der Waals surface area contributed by atoms with Gasteiger partial charge in [-0.15, -0.1) is 0 Å². The molecule has 3 atom stereocenters. The summed E-state index contributed by atoms with van der Waals surface area (Å²) in [6.45, 7) is 6.18. The Kier molecular flexibility index (Phi) is 9.17. The summed E-state index contributed by atoms with van der Waals surface area (Å²) in [5.41, 5.74) is 0.787. The molecule has 3 heterocycles. The molecule has 0 bridgehead atoms. The van der Waals surface area contributed by atoms with Gasteiger partial charge in [-0.25, -0.2) is 17.6 Å². The molecule has 2 N–H and O–H groups in total. The highest BCUT2D eigenvalue weighted by Crippen LogP contribution is 2.51. The molecule has 11 heteroatoms. The zero-order valence-corrected chi connectivity index (χ0v) is 27.3. The van der Waals surface area contributed by atoms with E-state index in [-0.39, 0.29) is 23.2 Å². The van der Waals surface area contributed by atoms with Gasteiger partial charge in [0.25, 0.3) is 0 Å². The number of hydrogen-bond donors (Lipinski definition) is 2. The van der Waals surface area contributed by atoms with Crippen molar-refractivity contribution in [2.75, 3.05) is 70.6 Å². The van der Waals surface area contributed by atoms with Gasteiger partial charge in [0.05, 0.1) is 12.0 Å². The van der Waals surface area contributed by atoms with Gasteiger partial charge >= 0.3 is 6.09 Å². The van der Waals surface area contributed by atoms with Crippen molar-refractivity contribution < 1.29 is 27.4 Å². The largest absolute Gasteiger partial charge is 0.453 e. The number of carbonyl (C=O) groups is 1. The van der Waals surface area contributed by atoms with Crippen LogP contribution in [-0.4, -0.2) is 107 Å². The number of alkyl carbamates (subject to hydrolysis) is 1. The van der Waals surface area contributed by atoms with E-state index in [1.54, 1.807) is 30.3 Å². The van der Waals surface area contributed by atoms with E-state index in [0.29, 0.717) is 30.4 Å². The fraction of sp³-hybridized carbons (Fsp3) is 0.618. The lowest BCUT2D eigenvalue weighted by Gasteiger charge is -2.55. The summed E-state index contributed by atoms with van der Waals surface area (Å²) in [5, 5.41) is 14.6. The lowest BCUT2D eigenvalue weighted by atomic mass is 9.57. The summed E-state index contributed by atoms with van der Waals surface area (Å²) in [6.07, 6.45) is 6.69. The maximum Gasteiger partial charge on any atom is 0.407 e. The first-order valence-corrected chi connectivity index (χ1v) is 18.2. The lowest BCUT2D eigenvalue weighted by molar-refractivity contribution is -0.0362. The smallest absolute Gasteiger partial charge is 0.407 e. The minimum absolute atomic E-state index is 0.0341. The number of likely N-dealkylation sites (tertiary alicyclic amines) is 2. The summed E-state index contributed by atoms with van der Waals surface area (Å²) >= 11 is 0. The summed E-state index contributed by atoms with van der Waals surface area (Å²) < 4.78 is 43.5. The van der Waals surface area contributed by atoms with Gasteiger partial charge in [-0.05, 0) is 112 Å². The van der Waals surface area contributed by atoms with Gasteiger partial charge in [0.1, 0.15) is 11.4 Å². The number of ether oxygens (including phenoxy) is 1. The van der Waals surface area contributed by atoms with Gasteiger partial charge in [0.15, 0.2) is 9.84 Å². The number of sulfone groups is 1. The van der Waals surface area contributed by atoms with Crippen LogP contribution in [0.2, 0.25) is 0 Å². The number of methoxy groups -OCH3 is 1. The summed E-state index contributed by atoms with van der Waals surface area (Å²) in [5.74, 6) is 0.229. The van der Waals surface area contributed by atoms with E-state index in [2.05, 4.69) is 26.1 Å². The highest BCUT2D eigenvalue weighted by Gasteiger charge is 2.53. The Balaban J connectivity index is 1.18. The van der Waals surface area contributed by atoms with Crippen molar-refractivity contribution in [1.29, 1.82) is 0 Å². The average molecular weight is 643 g/mol. The zero-order valence-electron chi connectivity index (χ0n) is 26.5. The Morgan fingerprint density at radius 1 is 1.02 bits per heavy atom. The van der Waals surface area contributed by atoms with Crippen LogP contribution in [0.5, 0.6) is 0 Å². The number of aliphatic hydroxyl groups is 1. The number of carbonyl (C=O) groups excluding carboxylic acids is 1. The summed E-state index contributed by atoms with van der Waals surface area (Å²) in [6, 6.07) is 14.0. The fourth-order valence-corrected chi connectivity index (χ4v) is 9.24. The SMILES string of the molecule is COC(=O)N[C@H]1CCC[C@@H]1C(CN1CCC1)(c1cccc(F)c1)C1CCN(CC2(O)CN(c3ccc(S(C)(=O)=O)cc3)C2)CC1. The monoisotopic (exact) mass is 642 g/mol. The second kappa shape index (κ2) is 12.8. The number of nitrogens with one attached hydrogen (secondary N) is 1. The van der Waals surface area contributed by atoms with E-state index in [1.165, 1.54) is 25.9 Å². The second-order valence-electron chi connectivity index (χ2n) is 13.9. The molecule has 246 valence electrons. The number of nitrogens with zero attached hydrogens (tertiary/aromatic N) is 3. The Morgan fingerprint density at radius 3 is 2.33 bits per heavy atom. The Hall–Kier alpha value is -2.73. The quantitative estimate of drug-likeness (QED) is 0.405. The molecule has 0 radical (unpaired) electrons. The molecule has 1 saturated carbocycles. The third kappa shape index (κ3) is 6.73. The normalized spacial score (nSPS) is 25.6. The molecule has 9 nitrogen and oxygen atoms in total. The molecule has 1 unspecified atom stereocenters. The number of β-amino-alcohol motifs (C(OH)–C–C–N with tert-alkyl or cyclic N) is 1. The van der Waals surface area contributed by atoms with Crippen LogP contribution < -0.4 is 10.2 Å². The van der Waals surface area contributed by atoms with E-state index in [9.17, 15) is 22.7 Å². The lowest BCUT2D eigenvalue weighted by Crippen LogP contribution is -2.67. The van der Waals surface area contributed by atoms with Gasteiger partial charge in [-0.2, -0.15) is 0 Å². The molecule has 0 spiro atoms.